The molecule has 1 saturated carbocycles. The Balaban J connectivity index is 1.67. The zero-order valence-corrected chi connectivity index (χ0v) is 10.9. The summed E-state index contributed by atoms with van der Waals surface area (Å²) in [4.78, 5) is 25.2. The Labute approximate surface area is 108 Å². The van der Waals surface area contributed by atoms with E-state index in [4.69, 9.17) is 5.11 Å². The number of rotatable bonds is 5. The number of aliphatic hydroxyl groups excluding tert-OH is 1. The van der Waals surface area contributed by atoms with Crippen molar-refractivity contribution in [2.24, 2.45) is 11.8 Å². The molecule has 5 nitrogen and oxygen atoms in total. The second kappa shape index (κ2) is 5.69. The number of carbonyl (C=O) groups is 2. The molecule has 0 aromatic rings. The number of carbonyl (C=O) groups excluding carboxylic acids is 2. The Morgan fingerprint density at radius 2 is 2.17 bits per heavy atom. The van der Waals surface area contributed by atoms with Crippen molar-refractivity contribution < 1.29 is 14.7 Å². The summed E-state index contributed by atoms with van der Waals surface area (Å²) >= 11 is 0. The van der Waals surface area contributed by atoms with Gasteiger partial charge in [-0.05, 0) is 25.2 Å². The summed E-state index contributed by atoms with van der Waals surface area (Å²) in [5, 5.41) is 12.0. The first-order valence-electron chi connectivity index (χ1n) is 6.81. The fourth-order valence-electron chi connectivity index (χ4n) is 2.61. The van der Waals surface area contributed by atoms with Crippen molar-refractivity contribution in [1.29, 1.82) is 0 Å². The molecule has 1 saturated heterocycles. The van der Waals surface area contributed by atoms with E-state index in [1.807, 2.05) is 0 Å². The van der Waals surface area contributed by atoms with Gasteiger partial charge in [0, 0.05) is 25.4 Å². The van der Waals surface area contributed by atoms with E-state index in [0.717, 1.165) is 25.8 Å². The first kappa shape index (κ1) is 13.3. The highest BCUT2D eigenvalue weighted by Crippen LogP contribution is 2.37. The fourth-order valence-corrected chi connectivity index (χ4v) is 2.61. The molecule has 2 rings (SSSR count). The molecule has 1 aliphatic carbocycles. The van der Waals surface area contributed by atoms with Crippen molar-refractivity contribution in [3.63, 3.8) is 0 Å². The van der Waals surface area contributed by atoms with Crippen LogP contribution in [-0.4, -0.2) is 47.6 Å². The Kier molecular flexibility index (Phi) is 4.22. The molecule has 5 heteroatoms. The van der Waals surface area contributed by atoms with Crippen LogP contribution in [0, 0.1) is 11.8 Å². The minimum absolute atomic E-state index is 0.0170. The summed E-state index contributed by atoms with van der Waals surface area (Å²) in [7, 11) is 0. The van der Waals surface area contributed by atoms with Crippen molar-refractivity contribution in [3.05, 3.63) is 0 Å². The molecule has 18 heavy (non-hydrogen) atoms. The van der Waals surface area contributed by atoms with Gasteiger partial charge >= 0.3 is 0 Å². The fraction of sp³-hybridized carbons (Fsp3) is 0.846. The molecule has 0 spiro atoms. The average Bonchev–Trinajstić information content (AvgIpc) is 2.92. The zero-order chi connectivity index (χ0) is 13.1. The number of likely N-dealkylation sites (tertiary alicyclic amines) is 1. The highest BCUT2D eigenvalue weighted by atomic mass is 16.3. The van der Waals surface area contributed by atoms with Crippen LogP contribution in [0.4, 0.5) is 0 Å². The lowest BCUT2D eigenvalue weighted by Crippen LogP contribution is -2.39. The third-order valence-corrected chi connectivity index (χ3v) is 3.99. The van der Waals surface area contributed by atoms with Gasteiger partial charge in [0.25, 0.3) is 0 Å². The zero-order valence-electron chi connectivity index (χ0n) is 10.9. The van der Waals surface area contributed by atoms with E-state index in [2.05, 4.69) is 12.2 Å². The summed E-state index contributed by atoms with van der Waals surface area (Å²) in [6.45, 7) is 3.25. The molecule has 0 aromatic carbocycles. The van der Waals surface area contributed by atoms with E-state index in [1.54, 1.807) is 4.90 Å². The Morgan fingerprint density at radius 1 is 1.44 bits per heavy atom. The van der Waals surface area contributed by atoms with Crippen molar-refractivity contribution in [3.8, 4) is 0 Å². The van der Waals surface area contributed by atoms with Crippen molar-refractivity contribution >= 4 is 11.8 Å². The number of aliphatic hydroxyl groups is 1. The number of hydrogen-bond acceptors (Lipinski definition) is 3. The predicted octanol–water partition coefficient (Wildman–Crippen LogP) is 0.132. The lowest BCUT2D eigenvalue weighted by molar-refractivity contribution is -0.132. The quantitative estimate of drug-likeness (QED) is 0.733. The lowest BCUT2D eigenvalue weighted by atomic mass is 10.2. The van der Waals surface area contributed by atoms with E-state index >= 15 is 0 Å². The minimum atomic E-state index is -0.0170. The van der Waals surface area contributed by atoms with E-state index in [-0.39, 0.29) is 30.4 Å². The number of hydrogen-bond donors (Lipinski definition) is 2. The van der Waals surface area contributed by atoms with Gasteiger partial charge in [0.1, 0.15) is 0 Å². The van der Waals surface area contributed by atoms with Crippen molar-refractivity contribution in [2.45, 2.75) is 38.6 Å². The third kappa shape index (κ3) is 3.02. The Hall–Kier alpha value is -1.10. The van der Waals surface area contributed by atoms with Crippen LogP contribution >= 0.6 is 0 Å². The number of nitrogens with zero attached hydrogens (tertiary/aromatic N) is 1. The normalized spacial score (nSPS) is 30.3. The highest BCUT2D eigenvalue weighted by molar-refractivity contribution is 5.82. The molecular formula is C13H22N2O3. The van der Waals surface area contributed by atoms with Gasteiger partial charge in [-0.15, -0.1) is 0 Å². The van der Waals surface area contributed by atoms with Gasteiger partial charge in [0.05, 0.1) is 12.6 Å². The third-order valence-electron chi connectivity index (χ3n) is 3.99. The van der Waals surface area contributed by atoms with Crippen LogP contribution < -0.4 is 5.32 Å². The van der Waals surface area contributed by atoms with Gasteiger partial charge in [-0.1, -0.05) is 6.92 Å². The van der Waals surface area contributed by atoms with Crippen molar-refractivity contribution in [1.82, 2.24) is 10.2 Å². The maximum atomic E-state index is 11.9. The molecule has 2 amide bonds. The summed E-state index contributed by atoms with van der Waals surface area (Å²) in [6, 6.07) is -0.0170. The molecule has 2 aliphatic rings. The topological polar surface area (TPSA) is 69.6 Å². The summed E-state index contributed by atoms with van der Waals surface area (Å²) < 4.78 is 0. The minimum Gasteiger partial charge on any atom is -0.394 e. The van der Waals surface area contributed by atoms with Gasteiger partial charge in [0.15, 0.2) is 0 Å². The van der Waals surface area contributed by atoms with E-state index in [9.17, 15) is 9.59 Å². The summed E-state index contributed by atoms with van der Waals surface area (Å²) in [5.41, 5.74) is 0. The molecule has 1 aliphatic heterocycles. The van der Waals surface area contributed by atoms with Crippen molar-refractivity contribution in [2.75, 3.05) is 19.7 Å². The van der Waals surface area contributed by atoms with Crippen LogP contribution in [0.5, 0.6) is 0 Å². The van der Waals surface area contributed by atoms with Crippen LogP contribution in [-0.2, 0) is 9.59 Å². The smallest absolute Gasteiger partial charge is 0.224 e. The van der Waals surface area contributed by atoms with Crippen LogP contribution in [0.3, 0.4) is 0 Å². The largest absolute Gasteiger partial charge is 0.394 e. The van der Waals surface area contributed by atoms with Crippen LogP contribution in [0.15, 0.2) is 0 Å². The molecule has 2 fully saturated rings. The maximum Gasteiger partial charge on any atom is 0.224 e. The maximum absolute atomic E-state index is 11.9. The molecule has 2 N–H and O–H groups in total. The van der Waals surface area contributed by atoms with E-state index < -0.39 is 0 Å². The van der Waals surface area contributed by atoms with Gasteiger partial charge in [0.2, 0.25) is 11.8 Å². The van der Waals surface area contributed by atoms with Gasteiger partial charge in [-0.25, -0.2) is 0 Å². The van der Waals surface area contributed by atoms with E-state index in [1.165, 1.54) is 0 Å². The molecule has 102 valence electrons. The van der Waals surface area contributed by atoms with E-state index in [0.29, 0.717) is 18.9 Å². The van der Waals surface area contributed by atoms with Gasteiger partial charge in [-0.2, -0.15) is 0 Å². The molecule has 0 aromatic heterocycles. The van der Waals surface area contributed by atoms with Crippen LogP contribution in [0.2, 0.25) is 0 Å². The SMILES string of the molecule is CC1CC1C(=O)NCCC(=O)N1CCC[C@H]1CO. The van der Waals surface area contributed by atoms with Gasteiger partial charge < -0.3 is 15.3 Å². The molecule has 1 heterocycles. The predicted molar refractivity (Wildman–Crippen MR) is 66.7 cm³/mol. The Bertz CT molecular complexity index is 332. The lowest BCUT2D eigenvalue weighted by Gasteiger charge is -2.23. The first-order valence-corrected chi connectivity index (χ1v) is 6.81. The first-order chi connectivity index (χ1) is 8.63. The van der Waals surface area contributed by atoms with Gasteiger partial charge in [-0.3, -0.25) is 9.59 Å². The molecule has 3 atom stereocenters. The number of amides is 2. The monoisotopic (exact) mass is 254 g/mol. The summed E-state index contributed by atoms with van der Waals surface area (Å²) in [6.07, 6.45) is 3.15. The molecule has 0 bridgehead atoms. The second-order valence-electron chi connectivity index (χ2n) is 5.43. The van der Waals surface area contributed by atoms with Crippen LogP contribution in [0.1, 0.15) is 32.6 Å². The summed E-state index contributed by atoms with van der Waals surface area (Å²) in [5.74, 6) is 0.779. The molecule has 0 radical (unpaired) electrons. The van der Waals surface area contributed by atoms with Crippen LogP contribution in [0.25, 0.3) is 0 Å². The molecule has 2 unspecified atom stereocenters. The number of nitrogens with one attached hydrogen (secondary N) is 1. The second-order valence-corrected chi connectivity index (χ2v) is 5.43. The molecular weight excluding hydrogens is 232 g/mol. The average molecular weight is 254 g/mol. The standard InChI is InChI=1S/C13H22N2O3/c1-9-7-11(9)13(18)14-5-4-12(17)15-6-2-3-10(15)8-16/h9-11,16H,2-8H2,1H3,(H,14,18)/t9?,10-,11?/m0/s1. The Morgan fingerprint density at radius 3 is 2.78 bits per heavy atom. The highest BCUT2D eigenvalue weighted by Gasteiger charge is 2.38.